The number of hydrogen-bond donors (Lipinski definition) is 0. The molecule has 0 saturated carbocycles. The number of aldehydes is 1. The van der Waals surface area contributed by atoms with E-state index in [1.54, 1.807) is 18.4 Å². The first-order valence-corrected chi connectivity index (χ1v) is 8.67. The Balaban J connectivity index is 2.31. The largest absolute Gasteiger partial charge is 0.462 e. The third kappa shape index (κ3) is 3.29. The van der Waals surface area contributed by atoms with Gasteiger partial charge in [0.1, 0.15) is 0 Å². The van der Waals surface area contributed by atoms with Crippen LogP contribution in [0, 0.1) is 17.0 Å². The lowest BCUT2D eigenvalue weighted by Gasteiger charge is -2.09. The summed E-state index contributed by atoms with van der Waals surface area (Å²) in [5.74, 6) is -0.550. The molecule has 0 spiro atoms. The van der Waals surface area contributed by atoms with E-state index in [2.05, 4.69) is 0 Å². The third-order valence-corrected chi connectivity index (χ3v) is 4.42. The fourth-order valence-electron chi connectivity index (χ4n) is 3.23. The molecule has 0 saturated heterocycles. The normalized spacial score (nSPS) is 10.5. The number of nitro benzene ring substituents is 1. The van der Waals surface area contributed by atoms with Crippen LogP contribution in [0.5, 0.6) is 0 Å². The van der Waals surface area contributed by atoms with Crippen molar-refractivity contribution < 1.29 is 19.2 Å². The summed E-state index contributed by atoms with van der Waals surface area (Å²) < 4.78 is 6.90. The second kappa shape index (κ2) is 7.87. The van der Waals surface area contributed by atoms with Crippen molar-refractivity contribution in [2.75, 3.05) is 6.61 Å². The van der Waals surface area contributed by atoms with Crippen LogP contribution in [0.1, 0.15) is 33.5 Å². The first-order chi connectivity index (χ1) is 13.5. The summed E-state index contributed by atoms with van der Waals surface area (Å²) in [5, 5.41) is 10.9. The summed E-state index contributed by atoms with van der Waals surface area (Å²) in [5.41, 5.74) is 2.66. The smallest absolute Gasteiger partial charge is 0.340 e. The SMILES string of the molecule is CCOC(=O)c1c(-c2ccc([N+](=O)[O-])cc2)c(C=O)n(-c2ccccc2)c1C. The van der Waals surface area contributed by atoms with Crippen molar-refractivity contribution in [3.63, 3.8) is 0 Å². The fourth-order valence-corrected chi connectivity index (χ4v) is 3.23. The second-order valence-electron chi connectivity index (χ2n) is 6.03. The highest BCUT2D eigenvalue weighted by Crippen LogP contribution is 2.35. The average Bonchev–Trinajstić information content (AvgIpc) is 3.01. The van der Waals surface area contributed by atoms with E-state index in [1.807, 2.05) is 30.3 Å². The molecule has 0 atom stereocenters. The van der Waals surface area contributed by atoms with Crippen LogP contribution >= 0.6 is 0 Å². The van der Waals surface area contributed by atoms with Crippen LogP contribution in [-0.2, 0) is 4.74 Å². The van der Waals surface area contributed by atoms with Gasteiger partial charge in [-0.15, -0.1) is 0 Å². The van der Waals surface area contributed by atoms with Crippen LogP contribution in [-0.4, -0.2) is 28.4 Å². The number of esters is 1. The molecule has 0 aliphatic rings. The molecule has 0 aliphatic carbocycles. The predicted molar refractivity (Wildman–Crippen MR) is 104 cm³/mol. The van der Waals surface area contributed by atoms with Crippen LogP contribution in [0.3, 0.4) is 0 Å². The minimum absolute atomic E-state index is 0.0756. The molecule has 0 aliphatic heterocycles. The Hall–Kier alpha value is -3.74. The van der Waals surface area contributed by atoms with E-state index in [-0.39, 0.29) is 23.6 Å². The van der Waals surface area contributed by atoms with Crippen molar-refractivity contribution in [3.05, 3.63) is 81.7 Å². The minimum atomic E-state index is -0.550. The van der Waals surface area contributed by atoms with E-state index in [4.69, 9.17) is 4.74 Å². The van der Waals surface area contributed by atoms with Crippen molar-refractivity contribution in [1.29, 1.82) is 0 Å². The van der Waals surface area contributed by atoms with Gasteiger partial charge in [0, 0.05) is 29.1 Å². The van der Waals surface area contributed by atoms with Crippen LogP contribution in [0.25, 0.3) is 16.8 Å². The fraction of sp³-hybridized carbons (Fsp3) is 0.143. The molecule has 0 bridgehead atoms. The maximum absolute atomic E-state index is 12.7. The molecular weight excluding hydrogens is 360 g/mol. The summed E-state index contributed by atoms with van der Waals surface area (Å²) in [7, 11) is 0. The number of benzene rings is 2. The number of ether oxygens (including phenoxy) is 1. The molecule has 7 heteroatoms. The molecule has 28 heavy (non-hydrogen) atoms. The maximum atomic E-state index is 12.7. The molecule has 0 unspecified atom stereocenters. The standard InChI is InChI=1S/C21H18N2O5/c1-3-28-21(25)19-14(2)22(16-7-5-4-6-8-16)18(13-24)20(19)15-9-11-17(12-10-15)23(26)27/h4-13H,3H2,1-2H3. The van der Waals surface area contributed by atoms with E-state index >= 15 is 0 Å². The Morgan fingerprint density at radius 1 is 1.14 bits per heavy atom. The number of hydrogen-bond acceptors (Lipinski definition) is 5. The van der Waals surface area contributed by atoms with Gasteiger partial charge in [-0.05, 0) is 43.7 Å². The number of non-ortho nitro benzene ring substituents is 1. The topological polar surface area (TPSA) is 91.4 Å². The van der Waals surface area contributed by atoms with E-state index < -0.39 is 10.9 Å². The quantitative estimate of drug-likeness (QED) is 0.275. The summed E-state index contributed by atoms with van der Waals surface area (Å²) in [6.07, 6.45) is 0.680. The highest BCUT2D eigenvalue weighted by molar-refractivity contribution is 6.04. The number of carbonyl (C=O) groups is 2. The first kappa shape index (κ1) is 19.0. The zero-order chi connectivity index (χ0) is 20.3. The van der Waals surface area contributed by atoms with E-state index in [1.165, 1.54) is 24.3 Å². The average molecular weight is 378 g/mol. The molecule has 3 aromatic rings. The molecule has 0 amide bonds. The van der Waals surface area contributed by atoms with Gasteiger partial charge in [0.25, 0.3) is 5.69 Å². The molecule has 1 heterocycles. The summed E-state index contributed by atoms with van der Waals surface area (Å²) >= 11 is 0. The molecule has 142 valence electrons. The number of nitrogens with zero attached hydrogens (tertiary/aromatic N) is 2. The van der Waals surface area contributed by atoms with Gasteiger partial charge in [-0.1, -0.05) is 18.2 Å². The zero-order valence-corrected chi connectivity index (χ0v) is 15.4. The molecule has 2 aromatic carbocycles. The van der Waals surface area contributed by atoms with Crippen molar-refractivity contribution in [2.24, 2.45) is 0 Å². The van der Waals surface area contributed by atoms with Crippen LogP contribution in [0.2, 0.25) is 0 Å². The molecule has 3 rings (SSSR count). The number of aromatic nitrogens is 1. The van der Waals surface area contributed by atoms with E-state index in [9.17, 15) is 19.7 Å². The summed E-state index contributed by atoms with van der Waals surface area (Å²) in [6.45, 7) is 3.62. The van der Waals surface area contributed by atoms with Crippen molar-refractivity contribution >= 4 is 17.9 Å². The Kier molecular flexibility index (Phi) is 5.35. The number of nitro groups is 1. The number of para-hydroxylation sites is 1. The molecule has 7 nitrogen and oxygen atoms in total. The lowest BCUT2D eigenvalue weighted by Crippen LogP contribution is -2.07. The van der Waals surface area contributed by atoms with E-state index in [0.29, 0.717) is 23.1 Å². The van der Waals surface area contributed by atoms with Crippen molar-refractivity contribution in [2.45, 2.75) is 13.8 Å². The Bertz CT molecular complexity index is 1040. The molecule has 0 radical (unpaired) electrons. The highest BCUT2D eigenvalue weighted by Gasteiger charge is 2.27. The van der Waals surface area contributed by atoms with Crippen LogP contribution in [0.15, 0.2) is 54.6 Å². The monoisotopic (exact) mass is 378 g/mol. The van der Waals surface area contributed by atoms with E-state index in [0.717, 1.165) is 5.69 Å². The lowest BCUT2D eigenvalue weighted by atomic mass is 10.00. The first-order valence-electron chi connectivity index (χ1n) is 8.67. The molecular formula is C21H18N2O5. The van der Waals surface area contributed by atoms with Crippen molar-refractivity contribution in [1.82, 2.24) is 4.57 Å². The summed E-state index contributed by atoms with van der Waals surface area (Å²) in [6, 6.07) is 14.9. The zero-order valence-electron chi connectivity index (χ0n) is 15.4. The Labute approximate surface area is 161 Å². The number of rotatable bonds is 6. The van der Waals surface area contributed by atoms with Gasteiger partial charge >= 0.3 is 5.97 Å². The minimum Gasteiger partial charge on any atom is -0.462 e. The predicted octanol–water partition coefficient (Wildman–Crippen LogP) is 4.35. The van der Waals surface area contributed by atoms with Gasteiger partial charge in [0.2, 0.25) is 0 Å². The Morgan fingerprint density at radius 2 is 1.79 bits per heavy atom. The van der Waals surface area contributed by atoms with Crippen molar-refractivity contribution in [3.8, 4) is 16.8 Å². The lowest BCUT2D eigenvalue weighted by molar-refractivity contribution is -0.384. The third-order valence-electron chi connectivity index (χ3n) is 4.42. The summed E-state index contributed by atoms with van der Waals surface area (Å²) in [4.78, 5) is 35.2. The molecule has 1 aromatic heterocycles. The van der Waals surface area contributed by atoms with Gasteiger partial charge < -0.3 is 9.30 Å². The van der Waals surface area contributed by atoms with Crippen LogP contribution < -0.4 is 0 Å². The highest BCUT2D eigenvalue weighted by atomic mass is 16.6. The number of carbonyl (C=O) groups excluding carboxylic acids is 2. The Morgan fingerprint density at radius 3 is 2.32 bits per heavy atom. The van der Waals surface area contributed by atoms with Gasteiger partial charge in [-0.25, -0.2) is 4.79 Å². The maximum Gasteiger partial charge on any atom is 0.340 e. The van der Waals surface area contributed by atoms with Gasteiger partial charge in [0.15, 0.2) is 6.29 Å². The van der Waals surface area contributed by atoms with Crippen LogP contribution in [0.4, 0.5) is 5.69 Å². The molecule has 0 N–H and O–H groups in total. The van der Waals surface area contributed by atoms with Gasteiger partial charge in [-0.3, -0.25) is 14.9 Å². The van der Waals surface area contributed by atoms with Gasteiger partial charge in [-0.2, -0.15) is 0 Å². The molecule has 0 fully saturated rings. The second-order valence-corrected chi connectivity index (χ2v) is 6.03. The van der Waals surface area contributed by atoms with Gasteiger partial charge in [0.05, 0.1) is 22.8 Å².